The molecule has 0 spiro atoms. The van der Waals surface area contributed by atoms with E-state index >= 15 is 0 Å². The molecule has 0 amide bonds. The predicted octanol–water partition coefficient (Wildman–Crippen LogP) is 3.26. The molecule has 164 valence electrons. The number of methoxy groups -OCH3 is 2. The van der Waals surface area contributed by atoms with Crippen molar-refractivity contribution in [3.63, 3.8) is 0 Å². The van der Waals surface area contributed by atoms with Gasteiger partial charge in [0.05, 0.1) is 27.1 Å². The molecule has 0 bridgehead atoms. The smallest absolute Gasteiger partial charge is 0.193 e. The Morgan fingerprint density at radius 3 is 2.73 bits per heavy atom. The number of hydrogen-bond acceptors (Lipinski definition) is 5. The number of ether oxygens (including phenoxy) is 3. The fraction of sp³-hybridized carbons (Fsp3) is 0.522. The van der Waals surface area contributed by atoms with Gasteiger partial charge in [-0.3, -0.25) is 4.99 Å². The van der Waals surface area contributed by atoms with Gasteiger partial charge in [0.2, 0.25) is 0 Å². The number of nitrogens with one attached hydrogen (secondary N) is 1. The first-order valence-corrected chi connectivity index (χ1v) is 10.4. The summed E-state index contributed by atoms with van der Waals surface area (Å²) in [5.41, 5.74) is 2.32. The predicted molar refractivity (Wildman–Crippen MR) is 117 cm³/mol. The fourth-order valence-electron chi connectivity index (χ4n) is 3.53. The molecule has 1 aromatic heterocycles. The molecule has 1 atom stereocenters. The molecule has 1 saturated heterocycles. The summed E-state index contributed by atoms with van der Waals surface area (Å²) >= 11 is 0. The van der Waals surface area contributed by atoms with Gasteiger partial charge in [0.25, 0.3) is 0 Å². The van der Waals surface area contributed by atoms with Gasteiger partial charge in [-0.2, -0.15) is 0 Å². The van der Waals surface area contributed by atoms with Crippen molar-refractivity contribution >= 4 is 5.96 Å². The highest BCUT2D eigenvalue weighted by atomic mass is 16.5. The lowest BCUT2D eigenvalue weighted by molar-refractivity contribution is 0.187. The van der Waals surface area contributed by atoms with Crippen molar-refractivity contribution in [2.45, 2.75) is 26.3 Å². The average molecular weight is 416 g/mol. The monoisotopic (exact) mass is 415 g/mol. The molecule has 7 heteroatoms. The number of rotatable bonds is 9. The molecule has 1 fully saturated rings. The van der Waals surface area contributed by atoms with Gasteiger partial charge >= 0.3 is 0 Å². The van der Waals surface area contributed by atoms with Crippen LogP contribution in [0.5, 0.6) is 11.5 Å². The molecule has 0 saturated carbocycles. The number of aryl methyl sites for hydroxylation is 1. The van der Waals surface area contributed by atoms with Crippen LogP contribution in [0.3, 0.4) is 0 Å². The van der Waals surface area contributed by atoms with E-state index in [4.69, 9.17) is 23.6 Å². The quantitative estimate of drug-likeness (QED) is 0.501. The van der Waals surface area contributed by atoms with E-state index in [1.54, 1.807) is 20.5 Å². The SMILES string of the molecule is COc1cc(C)c(CN(C)C(=NCC2CCOC2)NCCc2ccco2)cc1OC. The van der Waals surface area contributed by atoms with E-state index in [0.29, 0.717) is 12.5 Å². The van der Waals surface area contributed by atoms with Gasteiger partial charge in [-0.25, -0.2) is 0 Å². The van der Waals surface area contributed by atoms with Crippen molar-refractivity contribution in [1.29, 1.82) is 0 Å². The van der Waals surface area contributed by atoms with Crippen LogP contribution in [0.1, 0.15) is 23.3 Å². The molecule has 3 rings (SSSR count). The summed E-state index contributed by atoms with van der Waals surface area (Å²) in [7, 11) is 5.37. The zero-order valence-corrected chi connectivity index (χ0v) is 18.4. The molecule has 30 heavy (non-hydrogen) atoms. The minimum absolute atomic E-state index is 0.489. The molecule has 0 radical (unpaired) electrons. The highest BCUT2D eigenvalue weighted by molar-refractivity contribution is 5.79. The molecule has 1 aliphatic heterocycles. The normalized spacial score (nSPS) is 16.5. The Hall–Kier alpha value is -2.67. The van der Waals surface area contributed by atoms with Crippen LogP contribution in [-0.4, -0.2) is 58.4 Å². The molecule has 1 N–H and O–H groups in total. The Morgan fingerprint density at radius 2 is 2.07 bits per heavy atom. The van der Waals surface area contributed by atoms with Gasteiger partial charge in [-0.05, 0) is 48.7 Å². The van der Waals surface area contributed by atoms with E-state index in [1.807, 2.05) is 24.3 Å². The Kier molecular flexibility index (Phi) is 8.02. The molecule has 2 aromatic rings. The van der Waals surface area contributed by atoms with Crippen molar-refractivity contribution < 1.29 is 18.6 Å². The van der Waals surface area contributed by atoms with Crippen molar-refractivity contribution in [2.24, 2.45) is 10.9 Å². The van der Waals surface area contributed by atoms with E-state index in [-0.39, 0.29) is 0 Å². The van der Waals surface area contributed by atoms with E-state index in [9.17, 15) is 0 Å². The van der Waals surface area contributed by atoms with Crippen molar-refractivity contribution in [3.05, 3.63) is 47.4 Å². The largest absolute Gasteiger partial charge is 0.493 e. The van der Waals surface area contributed by atoms with E-state index in [0.717, 1.165) is 67.9 Å². The van der Waals surface area contributed by atoms with Gasteiger partial charge in [-0.1, -0.05) is 0 Å². The standard InChI is InChI=1S/C23H33N3O4/c1-17-12-21(27-3)22(28-4)13-19(17)15-26(2)23(25-14-18-8-11-29-16-18)24-9-7-20-6-5-10-30-20/h5-6,10,12-13,18H,7-9,11,14-16H2,1-4H3,(H,24,25). The Morgan fingerprint density at radius 1 is 1.27 bits per heavy atom. The summed E-state index contributed by atoms with van der Waals surface area (Å²) in [5.74, 6) is 3.81. The maximum absolute atomic E-state index is 5.50. The first kappa shape index (κ1) is 22.0. The maximum Gasteiger partial charge on any atom is 0.193 e. The third-order valence-electron chi connectivity index (χ3n) is 5.37. The van der Waals surface area contributed by atoms with Gasteiger partial charge in [0, 0.05) is 45.6 Å². The summed E-state index contributed by atoms with van der Waals surface area (Å²) in [5, 5.41) is 3.49. The average Bonchev–Trinajstić information content (AvgIpc) is 3.45. The van der Waals surface area contributed by atoms with Crippen LogP contribution in [0.15, 0.2) is 39.9 Å². The highest BCUT2D eigenvalue weighted by Crippen LogP contribution is 2.30. The lowest BCUT2D eigenvalue weighted by Gasteiger charge is -2.24. The lowest BCUT2D eigenvalue weighted by atomic mass is 10.1. The number of benzene rings is 1. The van der Waals surface area contributed by atoms with Crippen LogP contribution in [0.25, 0.3) is 0 Å². The fourth-order valence-corrected chi connectivity index (χ4v) is 3.53. The molecule has 7 nitrogen and oxygen atoms in total. The number of guanidine groups is 1. The van der Waals surface area contributed by atoms with Crippen LogP contribution in [0.4, 0.5) is 0 Å². The second-order valence-corrected chi connectivity index (χ2v) is 7.64. The first-order chi connectivity index (χ1) is 14.6. The second-order valence-electron chi connectivity index (χ2n) is 7.64. The minimum Gasteiger partial charge on any atom is -0.493 e. The topological polar surface area (TPSA) is 68.5 Å². The van der Waals surface area contributed by atoms with Gasteiger partial charge < -0.3 is 28.8 Å². The Balaban J connectivity index is 1.69. The summed E-state index contributed by atoms with van der Waals surface area (Å²) in [6, 6.07) is 7.95. The van der Waals surface area contributed by atoms with E-state index < -0.39 is 0 Å². The van der Waals surface area contributed by atoms with Gasteiger partial charge in [-0.15, -0.1) is 0 Å². The number of hydrogen-bond donors (Lipinski definition) is 1. The first-order valence-electron chi connectivity index (χ1n) is 10.4. The van der Waals surface area contributed by atoms with E-state index in [2.05, 4.69) is 24.2 Å². The Labute approximate surface area is 179 Å². The molecule has 1 aliphatic rings. The molecular formula is C23H33N3O4. The highest BCUT2D eigenvalue weighted by Gasteiger charge is 2.17. The van der Waals surface area contributed by atoms with Crippen LogP contribution in [-0.2, 0) is 17.7 Å². The summed E-state index contributed by atoms with van der Waals surface area (Å²) in [6.45, 7) is 5.94. The zero-order chi connectivity index (χ0) is 21.3. The summed E-state index contributed by atoms with van der Waals surface area (Å²) in [4.78, 5) is 7.04. The van der Waals surface area contributed by atoms with Crippen LogP contribution < -0.4 is 14.8 Å². The summed E-state index contributed by atoms with van der Waals surface area (Å²) < 4.78 is 21.8. The third kappa shape index (κ3) is 5.92. The zero-order valence-electron chi connectivity index (χ0n) is 18.4. The number of aliphatic imine (C=N–C) groups is 1. The van der Waals surface area contributed by atoms with Crippen molar-refractivity contribution in [1.82, 2.24) is 10.2 Å². The van der Waals surface area contributed by atoms with Crippen molar-refractivity contribution in [2.75, 3.05) is 47.6 Å². The molecule has 0 aliphatic carbocycles. The maximum atomic E-state index is 5.50. The Bertz CT molecular complexity index is 814. The van der Waals surface area contributed by atoms with Crippen LogP contribution >= 0.6 is 0 Å². The minimum atomic E-state index is 0.489. The molecule has 2 heterocycles. The van der Waals surface area contributed by atoms with E-state index in [1.165, 1.54) is 5.56 Å². The molecule has 1 unspecified atom stereocenters. The molecular weight excluding hydrogens is 382 g/mol. The van der Waals surface area contributed by atoms with Crippen molar-refractivity contribution in [3.8, 4) is 11.5 Å². The number of furan rings is 1. The third-order valence-corrected chi connectivity index (χ3v) is 5.37. The lowest BCUT2D eigenvalue weighted by Crippen LogP contribution is -2.40. The van der Waals surface area contributed by atoms with Crippen LogP contribution in [0, 0.1) is 12.8 Å². The summed E-state index contributed by atoms with van der Waals surface area (Å²) in [6.07, 6.45) is 3.58. The second kappa shape index (κ2) is 10.9. The van der Waals surface area contributed by atoms with Gasteiger partial charge in [0.1, 0.15) is 5.76 Å². The number of nitrogens with zero attached hydrogens (tertiary/aromatic N) is 2. The van der Waals surface area contributed by atoms with Crippen LogP contribution in [0.2, 0.25) is 0 Å². The van der Waals surface area contributed by atoms with Gasteiger partial charge in [0.15, 0.2) is 17.5 Å². The molecule has 1 aromatic carbocycles.